The van der Waals surface area contributed by atoms with Gasteiger partial charge in [0.05, 0.1) is 12.8 Å². The predicted molar refractivity (Wildman–Crippen MR) is 75.3 cm³/mol. The molecule has 98 valence electrons. The average Bonchev–Trinajstić information content (AvgIpc) is 2.48. The number of hydrogen-bond donors (Lipinski definition) is 1. The summed E-state index contributed by atoms with van der Waals surface area (Å²) < 4.78 is 5.10. The highest BCUT2D eigenvalue weighted by Gasteiger charge is 2.09. The van der Waals surface area contributed by atoms with Gasteiger partial charge in [0.25, 0.3) is 5.91 Å². The van der Waals surface area contributed by atoms with Gasteiger partial charge < -0.3 is 4.74 Å². The van der Waals surface area contributed by atoms with Crippen LogP contribution in [-0.4, -0.2) is 20.1 Å². The summed E-state index contributed by atoms with van der Waals surface area (Å²) in [5.41, 5.74) is 4.28. The topological polar surface area (TPSA) is 41.6 Å². The summed E-state index contributed by atoms with van der Waals surface area (Å²) in [6.07, 6.45) is 0. The van der Waals surface area contributed by atoms with Gasteiger partial charge in [0.15, 0.2) is 0 Å². The molecule has 2 aromatic rings. The lowest BCUT2D eigenvalue weighted by Gasteiger charge is -2.20. The smallest absolute Gasteiger partial charge is 0.269 e. The SMILES string of the molecule is COc1cccc(C(=O)NN(C)c2ccccc2)c1. The van der Waals surface area contributed by atoms with E-state index in [0.717, 1.165) is 5.69 Å². The standard InChI is InChI=1S/C15H16N2O2/c1-17(13-8-4-3-5-9-13)16-15(18)12-7-6-10-14(11-12)19-2/h3-11H,1-2H3,(H,16,18). The van der Waals surface area contributed by atoms with E-state index in [1.165, 1.54) is 0 Å². The maximum absolute atomic E-state index is 12.1. The van der Waals surface area contributed by atoms with Crippen molar-refractivity contribution < 1.29 is 9.53 Å². The van der Waals surface area contributed by atoms with Crippen LogP contribution in [-0.2, 0) is 0 Å². The number of rotatable bonds is 4. The Morgan fingerprint density at radius 3 is 2.53 bits per heavy atom. The molecule has 4 nitrogen and oxygen atoms in total. The van der Waals surface area contributed by atoms with E-state index in [0.29, 0.717) is 11.3 Å². The Bertz CT molecular complexity index is 555. The van der Waals surface area contributed by atoms with Crippen molar-refractivity contribution in [1.82, 2.24) is 5.43 Å². The van der Waals surface area contributed by atoms with Crippen molar-refractivity contribution in [3.8, 4) is 5.75 Å². The molecule has 1 amide bonds. The van der Waals surface area contributed by atoms with Crippen molar-refractivity contribution in [1.29, 1.82) is 0 Å². The number of hydrogen-bond acceptors (Lipinski definition) is 3. The number of hydrazine groups is 1. The highest BCUT2D eigenvalue weighted by molar-refractivity contribution is 5.95. The van der Waals surface area contributed by atoms with Gasteiger partial charge in [-0.2, -0.15) is 0 Å². The number of para-hydroxylation sites is 1. The first-order valence-corrected chi connectivity index (χ1v) is 5.94. The predicted octanol–water partition coefficient (Wildman–Crippen LogP) is 2.48. The van der Waals surface area contributed by atoms with Crippen LogP contribution in [0.4, 0.5) is 5.69 Å². The first-order valence-electron chi connectivity index (χ1n) is 5.94. The number of carbonyl (C=O) groups excluding carboxylic acids is 1. The Hall–Kier alpha value is -2.49. The largest absolute Gasteiger partial charge is 0.497 e. The van der Waals surface area contributed by atoms with Crippen LogP contribution in [0.1, 0.15) is 10.4 Å². The minimum atomic E-state index is -0.176. The van der Waals surface area contributed by atoms with Gasteiger partial charge in [-0.25, -0.2) is 0 Å². The van der Waals surface area contributed by atoms with Crippen molar-refractivity contribution in [2.24, 2.45) is 0 Å². The molecule has 2 aromatic carbocycles. The summed E-state index contributed by atoms with van der Waals surface area (Å²) in [5.74, 6) is 0.486. The monoisotopic (exact) mass is 256 g/mol. The quantitative estimate of drug-likeness (QED) is 0.854. The Morgan fingerprint density at radius 2 is 1.84 bits per heavy atom. The summed E-state index contributed by atoms with van der Waals surface area (Å²) in [7, 11) is 3.38. The van der Waals surface area contributed by atoms with Gasteiger partial charge in [-0.05, 0) is 30.3 Å². The van der Waals surface area contributed by atoms with E-state index in [2.05, 4.69) is 5.43 Å². The number of amides is 1. The van der Waals surface area contributed by atoms with Crippen LogP contribution >= 0.6 is 0 Å². The molecule has 0 aliphatic rings. The van der Waals surface area contributed by atoms with Gasteiger partial charge in [-0.3, -0.25) is 15.2 Å². The van der Waals surface area contributed by atoms with Crippen LogP contribution < -0.4 is 15.2 Å². The summed E-state index contributed by atoms with van der Waals surface area (Å²) in [5, 5.41) is 1.68. The van der Waals surface area contributed by atoms with Gasteiger partial charge in [-0.15, -0.1) is 0 Å². The van der Waals surface area contributed by atoms with Crippen LogP contribution in [0.25, 0.3) is 0 Å². The Kier molecular flexibility index (Phi) is 4.03. The van der Waals surface area contributed by atoms with Gasteiger partial charge in [-0.1, -0.05) is 24.3 Å². The molecule has 0 radical (unpaired) electrons. The fourth-order valence-corrected chi connectivity index (χ4v) is 1.70. The van der Waals surface area contributed by atoms with Crippen molar-refractivity contribution in [3.63, 3.8) is 0 Å². The van der Waals surface area contributed by atoms with Crippen LogP contribution in [0.15, 0.2) is 54.6 Å². The maximum atomic E-state index is 12.1. The second-order valence-corrected chi connectivity index (χ2v) is 4.07. The second kappa shape index (κ2) is 5.91. The lowest BCUT2D eigenvalue weighted by Crippen LogP contribution is -2.39. The molecular formula is C15H16N2O2. The molecule has 2 rings (SSSR count). The van der Waals surface area contributed by atoms with Crippen molar-refractivity contribution >= 4 is 11.6 Å². The molecule has 0 aliphatic carbocycles. The zero-order chi connectivity index (χ0) is 13.7. The van der Waals surface area contributed by atoms with Crippen molar-refractivity contribution in [2.75, 3.05) is 19.2 Å². The molecule has 0 fully saturated rings. The molecule has 0 saturated carbocycles. The minimum absolute atomic E-state index is 0.176. The van der Waals surface area contributed by atoms with Gasteiger partial charge in [0.2, 0.25) is 0 Å². The van der Waals surface area contributed by atoms with Crippen LogP contribution in [0.2, 0.25) is 0 Å². The molecule has 0 spiro atoms. The van der Waals surface area contributed by atoms with Gasteiger partial charge in [0, 0.05) is 12.6 Å². The fourth-order valence-electron chi connectivity index (χ4n) is 1.70. The number of anilines is 1. The number of benzene rings is 2. The van der Waals surface area contributed by atoms with Gasteiger partial charge >= 0.3 is 0 Å². The molecule has 1 N–H and O–H groups in total. The summed E-state index contributed by atoms with van der Waals surface area (Å²) in [4.78, 5) is 12.1. The second-order valence-electron chi connectivity index (χ2n) is 4.07. The lowest BCUT2D eigenvalue weighted by molar-refractivity contribution is 0.0951. The van der Waals surface area contributed by atoms with E-state index in [9.17, 15) is 4.79 Å². The Labute approximate surface area is 112 Å². The molecule has 19 heavy (non-hydrogen) atoms. The molecule has 4 heteroatoms. The Balaban J connectivity index is 2.08. The van der Waals surface area contributed by atoms with E-state index in [4.69, 9.17) is 4.74 Å². The van der Waals surface area contributed by atoms with E-state index in [1.807, 2.05) is 30.3 Å². The van der Waals surface area contributed by atoms with E-state index in [-0.39, 0.29) is 5.91 Å². The third-order valence-corrected chi connectivity index (χ3v) is 2.74. The number of carbonyl (C=O) groups is 1. The van der Waals surface area contributed by atoms with Crippen molar-refractivity contribution in [2.45, 2.75) is 0 Å². The summed E-state index contributed by atoms with van der Waals surface area (Å²) in [6, 6.07) is 16.7. The molecular weight excluding hydrogens is 240 g/mol. The minimum Gasteiger partial charge on any atom is -0.497 e. The fraction of sp³-hybridized carbons (Fsp3) is 0.133. The Morgan fingerprint density at radius 1 is 1.11 bits per heavy atom. The number of nitrogens with one attached hydrogen (secondary N) is 1. The summed E-state index contributed by atoms with van der Waals surface area (Å²) in [6.45, 7) is 0. The summed E-state index contributed by atoms with van der Waals surface area (Å²) >= 11 is 0. The average molecular weight is 256 g/mol. The van der Waals surface area contributed by atoms with E-state index in [1.54, 1.807) is 43.4 Å². The lowest BCUT2D eigenvalue weighted by atomic mass is 10.2. The number of ether oxygens (including phenoxy) is 1. The van der Waals surface area contributed by atoms with Crippen LogP contribution in [0, 0.1) is 0 Å². The molecule has 0 bridgehead atoms. The zero-order valence-electron chi connectivity index (χ0n) is 11.0. The molecule has 0 unspecified atom stereocenters. The maximum Gasteiger partial charge on any atom is 0.269 e. The third kappa shape index (κ3) is 3.25. The molecule has 0 atom stereocenters. The van der Waals surface area contributed by atoms with Crippen molar-refractivity contribution in [3.05, 3.63) is 60.2 Å². The molecule has 0 aliphatic heterocycles. The van der Waals surface area contributed by atoms with Crippen LogP contribution in [0.3, 0.4) is 0 Å². The number of nitrogens with zero attached hydrogens (tertiary/aromatic N) is 1. The van der Waals surface area contributed by atoms with Gasteiger partial charge in [0.1, 0.15) is 5.75 Å². The molecule has 0 heterocycles. The zero-order valence-corrected chi connectivity index (χ0v) is 11.0. The van der Waals surface area contributed by atoms with E-state index >= 15 is 0 Å². The molecule has 0 aromatic heterocycles. The van der Waals surface area contributed by atoms with Crippen LogP contribution in [0.5, 0.6) is 5.75 Å². The highest BCUT2D eigenvalue weighted by atomic mass is 16.5. The highest BCUT2D eigenvalue weighted by Crippen LogP contribution is 2.13. The van der Waals surface area contributed by atoms with E-state index < -0.39 is 0 Å². The number of methoxy groups -OCH3 is 1. The third-order valence-electron chi connectivity index (χ3n) is 2.74. The first-order chi connectivity index (χ1) is 9.20. The first kappa shape index (κ1) is 13.0. The normalized spacial score (nSPS) is 9.79. The molecule has 0 saturated heterocycles.